The molecule has 0 bridgehead atoms. The molecule has 0 radical (unpaired) electrons. The van der Waals surface area contributed by atoms with E-state index in [-0.39, 0.29) is 12.0 Å². The van der Waals surface area contributed by atoms with Gasteiger partial charge in [-0.2, -0.15) is 4.21 Å². The minimum absolute atomic E-state index is 0.163. The molecule has 2 aliphatic heterocycles. The standard InChI is InChI=1S/C23H31N3O5S/c1-16(2)26-10-8-21(9-11-26)31-23-17(3)22(24-15-25-23)30-20-6-4-18(5-7-20)12-19-13-28-32(27)29-14-19/h4-7,15-16,19,21H,8-14H2,1-3H3/t19-,32+. The summed E-state index contributed by atoms with van der Waals surface area (Å²) >= 11 is -1.60. The highest BCUT2D eigenvalue weighted by molar-refractivity contribution is 7.75. The molecule has 2 saturated heterocycles. The van der Waals surface area contributed by atoms with E-state index in [1.54, 1.807) is 0 Å². The van der Waals surface area contributed by atoms with E-state index in [0.29, 0.717) is 36.8 Å². The Kier molecular flexibility index (Phi) is 7.72. The van der Waals surface area contributed by atoms with Crippen molar-refractivity contribution < 1.29 is 22.0 Å². The van der Waals surface area contributed by atoms with E-state index in [9.17, 15) is 4.21 Å². The first-order valence-electron chi connectivity index (χ1n) is 11.2. The molecule has 174 valence electrons. The van der Waals surface area contributed by atoms with Crippen LogP contribution in [0.25, 0.3) is 0 Å². The molecular weight excluding hydrogens is 430 g/mol. The van der Waals surface area contributed by atoms with Crippen molar-refractivity contribution in [2.24, 2.45) is 5.92 Å². The Bertz CT molecular complexity index is 906. The summed E-state index contributed by atoms with van der Waals surface area (Å²) in [6, 6.07) is 8.43. The number of nitrogens with zero attached hydrogens (tertiary/aromatic N) is 3. The predicted octanol–water partition coefficient (Wildman–Crippen LogP) is 3.61. The fraction of sp³-hybridized carbons (Fsp3) is 0.565. The number of benzene rings is 1. The average molecular weight is 462 g/mol. The number of aromatic nitrogens is 2. The molecule has 2 aromatic rings. The van der Waals surface area contributed by atoms with Crippen molar-refractivity contribution in [2.75, 3.05) is 26.3 Å². The lowest BCUT2D eigenvalue weighted by Crippen LogP contribution is -2.41. The van der Waals surface area contributed by atoms with Crippen molar-refractivity contribution in [1.29, 1.82) is 0 Å². The van der Waals surface area contributed by atoms with E-state index in [0.717, 1.165) is 43.5 Å². The van der Waals surface area contributed by atoms with Crippen LogP contribution in [0.5, 0.6) is 17.5 Å². The summed E-state index contributed by atoms with van der Waals surface area (Å²) in [5.41, 5.74) is 1.94. The fourth-order valence-electron chi connectivity index (χ4n) is 3.95. The Morgan fingerprint density at radius 3 is 2.41 bits per heavy atom. The van der Waals surface area contributed by atoms with E-state index >= 15 is 0 Å². The molecule has 2 aliphatic rings. The van der Waals surface area contributed by atoms with Crippen LogP contribution >= 0.6 is 0 Å². The van der Waals surface area contributed by atoms with Gasteiger partial charge in [0.15, 0.2) is 0 Å². The Hall–Kier alpha value is -2.07. The molecule has 8 nitrogen and oxygen atoms in total. The quantitative estimate of drug-likeness (QED) is 0.618. The van der Waals surface area contributed by atoms with Gasteiger partial charge in [0, 0.05) is 25.0 Å². The van der Waals surface area contributed by atoms with Crippen molar-refractivity contribution in [1.82, 2.24) is 14.9 Å². The van der Waals surface area contributed by atoms with Crippen LogP contribution in [0.1, 0.15) is 37.8 Å². The van der Waals surface area contributed by atoms with E-state index < -0.39 is 11.4 Å². The molecule has 0 N–H and O–H groups in total. The molecule has 0 unspecified atom stereocenters. The summed E-state index contributed by atoms with van der Waals surface area (Å²) < 4.78 is 33.4. The summed E-state index contributed by atoms with van der Waals surface area (Å²) in [5, 5.41) is 0. The van der Waals surface area contributed by atoms with Gasteiger partial charge in [0.1, 0.15) is 18.2 Å². The van der Waals surface area contributed by atoms with Crippen molar-refractivity contribution in [3.63, 3.8) is 0 Å². The largest absolute Gasteiger partial charge is 0.474 e. The number of ether oxygens (including phenoxy) is 2. The van der Waals surface area contributed by atoms with Gasteiger partial charge in [-0.3, -0.25) is 8.37 Å². The van der Waals surface area contributed by atoms with Gasteiger partial charge in [0.25, 0.3) is 0 Å². The van der Waals surface area contributed by atoms with Crippen molar-refractivity contribution >= 4 is 11.4 Å². The number of hydrogen-bond donors (Lipinski definition) is 0. The molecule has 0 amide bonds. The molecule has 4 rings (SSSR count). The minimum Gasteiger partial charge on any atom is -0.474 e. The van der Waals surface area contributed by atoms with Gasteiger partial charge >= 0.3 is 11.4 Å². The maximum Gasteiger partial charge on any atom is 0.304 e. The monoisotopic (exact) mass is 461 g/mol. The normalized spacial score (nSPS) is 22.8. The molecule has 1 aromatic heterocycles. The van der Waals surface area contributed by atoms with Gasteiger partial charge in [-0.05, 0) is 57.7 Å². The van der Waals surface area contributed by atoms with Gasteiger partial charge in [0.2, 0.25) is 11.8 Å². The zero-order valence-electron chi connectivity index (χ0n) is 18.9. The Balaban J connectivity index is 1.34. The summed E-state index contributed by atoms with van der Waals surface area (Å²) in [6.45, 7) is 9.34. The van der Waals surface area contributed by atoms with Crippen LogP contribution in [0, 0.1) is 12.8 Å². The summed E-state index contributed by atoms with van der Waals surface area (Å²) in [4.78, 5) is 11.1. The summed E-state index contributed by atoms with van der Waals surface area (Å²) in [6.07, 6.45) is 4.43. The zero-order valence-corrected chi connectivity index (χ0v) is 19.7. The SMILES string of the molecule is Cc1c(Oc2ccc(C[C@H]3CO[S@@](=O)OC3)cc2)ncnc1OC1CCN(C(C)C)CC1. The lowest BCUT2D eigenvalue weighted by Gasteiger charge is -2.34. The van der Waals surface area contributed by atoms with Crippen LogP contribution < -0.4 is 9.47 Å². The third kappa shape index (κ3) is 6.04. The molecule has 0 saturated carbocycles. The van der Waals surface area contributed by atoms with Gasteiger partial charge in [-0.25, -0.2) is 9.97 Å². The van der Waals surface area contributed by atoms with Gasteiger partial charge < -0.3 is 14.4 Å². The number of hydrogen-bond acceptors (Lipinski definition) is 8. The third-order valence-corrected chi connectivity index (χ3v) is 6.60. The van der Waals surface area contributed by atoms with Crippen molar-refractivity contribution in [3.05, 3.63) is 41.7 Å². The first kappa shape index (κ1) is 23.1. The zero-order chi connectivity index (χ0) is 22.5. The van der Waals surface area contributed by atoms with Crippen LogP contribution in [0.2, 0.25) is 0 Å². The Morgan fingerprint density at radius 1 is 1.09 bits per heavy atom. The van der Waals surface area contributed by atoms with Gasteiger partial charge in [0.05, 0.1) is 18.8 Å². The second kappa shape index (κ2) is 10.7. The van der Waals surface area contributed by atoms with Gasteiger partial charge in [-0.1, -0.05) is 12.1 Å². The lowest BCUT2D eigenvalue weighted by atomic mass is 10.0. The van der Waals surface area contributed by atoms with Crippen LogP contribution in [0.15, 0.2) is 30.6 Å². The fourth-order valence-corrected chi connectivity index (χ4v) is 4.63. The lowest BCUT2D eigenvalue weighted by molar-refractivity contribution is 0.0804. The van der Waals surface area contributed by atoms with E-state index in [1.807, 2.05) is 31.2 Å². The van der Waals surface area contributed by atoms with E-state index in [2.05, 4.69) is 28.7 Å². The number of rotatable bonds is 7. The molecule has 0 aliphatic carbocycles. The highest BCUT2D eigenvalue weighted by Crippen LogP contribution is 2.29. The van der Waals surface area contributed by atoms with Crippen molar-refractivity contribution in [3.8, 4) is 17.5 Å². The van der Waals surface area contributed by atoms with Crippen LogP contribution in [-0.2, 0) is 26.1 Å². The average Bonchev–Trinajstić information content (AvgIpc) is 2.80. The highest BCUT2D eigenvalue weighted by atomic mass is 32.2. The maximum absolute atomic E-state index is 11.1. The second-order valence-electron chi connectivity index (χ2n) is 8.65. The summed E-state index contributed by atoms with van der Waals surface area (Å²) in [5.74, 6) is 1.97. The molecule has 1 aromatic carbocycles. The topological polar surface area (TPSA) is 83.0 Å². The molecule has 9 heteroatoms. The minimum atomic E-state index is -1.60. The molecular formula is C23H31N3O5S. The van der Waals surface area contributed by atoms with Crippen LogP contribution in [0.4, 0.5) is 0 Å². The number of likely N-dealkylation sites (tertiary alicyclic amines) is 1. The molecule has 0 atom stereocenters. The van der Waals surface area contributed by atoms with Crippen LogP contribution in [-0.4, -0.2) is 57.5 Å². The van der Waals surface area contributed by atoms with E-state index in [1.165, 1.54) is 6.33 Å². The second-order valence-corrected chi connectivity index (χ2v) is 9.52. The Morgan fingerprint density at radius 2 is 1.75 bits per heavy atom. The first-order valence-corrected chi connectivity index (χ1v) is 12.2. The third-order valence-electron chi connectivity index (χ3n) is 5.94. The first-order chi connectivity index (χ1) is 15.5. The van der Waals surface area contributed by atoms with E-state index in [4.69, 9.17) is 17.8 Å². The van der Waals surface area contributed by atoms with Crippen molar-refractivity contribution in [2.45, 2.75) is 52.2 Å². The predicted molar refractivity (Wildman–Crippen MR) is 121 cm³/mol. The van der Waals surface area contributed by atoms with Crippen LogP contribution in [0.3, 0.4) is 0 Å². The molecule has 2 fully saturated rings. The number of piperidine rings is 1. The molecule has 0 spiro atoms. The van der Waals surface area contributed by atoms with Gasteiger partial charge in [-0.15, -0.1) is 0 Å². The highest BCUT2D eigenvalue weighted by Gasteiger charge is 2.24. The maximum atomic E-state index is 11.1. The smallest absolute Gasteiger partial charge is 0.304 e. The molecule has 3 heterocycles. The molecule has 32 heavy (non-hydrogen) atoms. The Labute approximate surface area is 192 Å². The summed E-state index contributed by atoms with van der Waals surface area (Å²) in [7, 11) is 0.